The minimum absolute atomic E-state index is 0.184. The summed E-state index contributed by atoms with van der Waals surface area (Å²) in [6.45, 7) is 0. The van der Waals surface area contributed by atoms with E-state index in [1.54, 1.807) is 12.1 Å². The molecular weight excluding hydrogens is 572 g/mol. The lowest BCUT2D eigenvalue weighted by atomic mass is 10.2. The summed E-state index contributed by atoms with van der Waals surface area (Å²) in [4.78, 5) is 65.8. The zero-order valence-corrected chi connectivity index (χ0v) is 22.3. The molecule has 0 bridgehead atoms. The Balaban J connectivity index is 1.53. The van der Waals surface area contributed by atoms with Crippen LogP contribution in [0.15, 0.2) is 101 Å². The first-order valence-electron chi connectivity index (χ1n) is 12.3. The molecular formula is C30H18N6O8. The summed E-state index contributed by atoms with van der Waals surface area (Å²) >= 11 is 0. The fourth-order valence-electron chi connectivity index (χ4n) is 3.55. The summed E-state index contributed by atoms with van der Waals surface area (Å²) in [6, 6.07) is 23.5. The molecule has 4 rings (SSSR count). The van der Waals surface area contributed by atoms with Gasteiger partial charge < -0.3 is 14.2 Å². The number of nitrogens with one attached hydrogen (secondary N) is 3. The van der Waals surface area contributed by atoms with E-state index >= 15 is 0 Å². The molecule has 14 heteroatoms. The SMILES string of the molecule is N#Cc1cccc(NC(=O)Oc2cc(OC(=O)Nc3cccc(N=C=O)c3)cc(OC(=O)Nc3cccc(N=C=O)c3)c2)c1. The van der Waals surface area contributed by atoms with Gasteiger partial charge in [0.1, 0.15) is 17.2 Å². The minimum atomic E-state index is -0.977. The average Bonchev–Trinajstić information content (AvgIpc) is 2.97. The Morgan fingerprint density at radius 2 is 0.955 bits per heavy atom. The number of carbonyl (C=O) groups is 3. The van der Waals surface area contributed by atoms with Crippen LogP contribution in [0.2, 0.25) is 0 Å². The Morgan fingerprint density at radius 1 is 0.568 bits per heavy atom. The van der Waals surface area contributed by atoms with Gasteiger partial charge in [-0.25, -0.2) is 24.0 Å². The predicted octanol–water partition coefficient (Wildman–Crippen LogP) is 6.33. The van der Waals surface area contributed by atoms with Gasteiger partial charge in [0.05, 0.1) is 23.0 Å². The molecule has 4 aromatic rings. The van der Waals surface area contributed by atoms with Crippen molar-refractivity contribution >= 4 is 58.9 Å². The second-order valence-corrected chi connectivity index (χ2v) is 8.38. The molecule has 0 aliphatic rings. The number of isocyanates is 2. The first-order valence-corrected chi connectivity index (χ1v) is 12.3. The Bertz CT molecular complexity index is 1780. The van der Waals surface area contributed by atoms with Gasteiger partial charge in [0, 0.05) is 35.3 Å². The molecule has 14 nitrogen and oxygen atoms in total. The van der Waals surface area contributed by atoms with E-state index in [-0.39, 0.29) is 45.7 Å². The highest BCUT2D eigenvalue weighted by molar-refractivity contribution is 5.89. The Morgan fingerprint density at radius 3 is 1.34 bits per heavy atom. The number of rotatable bonds is 8. The fraction of sp³-hybridized carbons (Fsp3) is 0. The molecule has 44 heavy (non-hydrogen) atoms. The first kappa shape index (κ1) is 29.9. The molecule has 4 aromatic carbocycles. The van der Waals surface area contributed by atoms with Gasteiger partial charge in [0.25, 0.3) is 0 Å². The molecule has 0 saturated carbocycles. The number of amides is 3. The molecule has 216 valence electrons. The minimum Gasteiger partial charge on any atom is -0.410 e. The molecule has 0 heterocycles. The summed E-state index contributed by atoms with van der Waals surface area (Å²) in [5.41, 5.74) is 1.55. The van der Waals surface area contributed by atoms with Gasteiger partial charge in [0.15, 0.2) is 0 Å². The van der Waals surface area contributed by atoms with Crippen molar-refractivity contribution in [1.82, 2.24) is 0 Å². The first-order chi connectivity index (χ1) is 21.3. The van der Waals surface area contributed by atoms with E-state index in [0.717, 1.165) is 0 Å². The molecule has 0 saturated heterocycles. The lowest BCUT2D eigenvalue weighted by Gasteiger charge is -2.12. The normalized spacial score (nSPS) is 9.61. The van der Waals surface area contributed by atoms with Crippen LogP contribution in [0, 0.1) is 11.3 Å². The second kappa shape index (κ2) is 14.5. The highest BCUT2D eigenvalue weighted by atomic mass is 16.6. The standard InChI is InChI=1S/C30H18N6O8/c31-16-19-4-1-7-22(10-19)34-28(39)42-25-13-26(43-29(40)35-23-8-2-5-20(11-23)32-17-37)15-27(14-25)44-30(41)36-24-9-3-6-21(12-24)33-18-38/h1-15H,(H,34,39)(H,35,40)(H,36,41). The number of carbonyl (C=O) groups excluding carboxylic acids is 5. The van der Waals surface area contributed by atoms with Crippen LogP contribution in [0.4, 0.5) is 42.8 Å². The third-order valence-electron chi connectivity index (χ3n) is 5.26. The van der Waals surface area contributed by atoms with Gasteiger partial charge in [-0.1, -0.05) is 18.2 Å². The maximum absolute atomic E-state index is 12.6. The van der Waals surface area contributed by atoms with Gasteiger partial charge in [-0.2, -0.15) is 15.2 Å². The molecule has 0 radical (unpaired) electrons. The maximum atomic E-state index is 12.6. The Kier molecular flexibility index (Phi) is 9.88. The number of anilines is 3. The summed E-state index contributed by atoms with van der Waals surface area (Å²) in [5, 5.41) is 16.4. The van der Waals surface area contributed by atoms with Gasteiger partial charge in [-0.05, 0) is 54.6 Å². The van der Waals surface area contributed by atoms with Crippen molar-refractivity contribution in [1.29, 1.82) is 5.26 Å². The fourth-order valence-corrected chi connectivity index (χ4v) is 3.55. The van der Waals surface area contributed by atoms with Crippen molar-refractivity contribution in [2.45, 2.75) is 0 Å². The summed E-state index contributed by atoms with van der Waals surface area (Å²) < 4.78 is 15.9. The topological polar surface area (TPSA) is 198 Å². The van der Waals surface area contributed by atoms with Gasteiger partial charge in [0.2, 0.25) is 12.2 Å². The molecule has 0 aliphatic heterocycles. The zero-order valence-electron chi connectivity index (χ0n) is 22.3. The molecule has 3 N–H and O–H groups in total. The van der Waals surface area contributed by atoms with Crippen LogP contribution >= 0.6 is 0 Å². The van der Waals surface area contributed by atoms with Crippen molar-refractivity contribution in [2.24, 2.45) is 9.98 Å². The van der Waals surface area contributed by atoms with E-state index in [1.165, 1.54) is 91.0 Å². The van der Waals surface area contributed by atoms with E-state index in [1.807, 2.05) is 6.07 Å². The van der Waals surface area contributed by atoms with Crippen molar-refractivity contribution in [3.05, 3.63) is 96.6 Å². The molecule has 3 amide bonds. The maximum Gasteiger partial charge on any atom is 0.417 e. The highest BCUT2D eigenvalue weighted by Crippen LogP contribution is 2.29. The number of nitriles is 1. The lowest BCUT2D eigenvalue weighted by molar-refractivity contribution is 0.212. The molecule has 0 aliphatic carbocycles. The quantitative estimate of drug-likeness (QED) is 0.155. The van der Waals surface area contributed by atoms with Crippen LogP contribution in [-0.2, 0) is 9.59 Å². The van der Waals surface area contributed by atoms with Crippen LogP contribution in [0.5, 0.6) is 17.2 Å². The van der Waals surface area contributed by atoms with Crippen LogP contribution in [0.1, 0.15) is 5.56 Å². The zero-order chi connectivity index (χ0) is 31.3. The number of ether oxygens (including phenoxy) is 3. The number of hydrogen-bond acceptors (Lipinski definition) is 11. The molecule has 0 spiro atoms. The third kappa shape index (κ3) is 8.98. The van der Waals surface area contributed by atoms with E-state index < -0.39 is 18.3 Å². The smallest absolute Gasteiger partial charge is 0.410 e. The number of nitrogens with zero attached hydrogens (tertiary/aromatic N) is 3. The van der Waals surface area contributed by atoms with E-state index in [4.69, 9.17) is 19.5 Å². The summed E-state index contributed by atoms with van der Waals surface area (Å²) in [7, 11) is 0. The van der Waals surface area contributed by atoms with Crippen molar-refractivity contribution in [3.63, 3.8) is 0 Å². The Labute approximate surface area is 248 Å². The van der Waals surface area contributed by atoms with Crippen molar-refractivity contribution < 1.29 is 38.2 Å². The van der Waals surface area contributed by atoms with Crippen LogP contribution < -0.4 is 30.2 Å². The van der Waals surface area contributed by atoms with Crippen LogP contribution in [0.25, 0.3) is 0 Å². The predicted molar refractivity (Wildman–Crippen MR) is 155 cm³/mol. The van der Waals surface area contributed by atoms with E-state index in [2.05, 4.69) is 25.9 Å². The monoisotopic (exact) mass is 590 g/mol. The molecule has 0 atom stereocenters. The van der Waals surface area contributed by atoms with Crippen molar-refractivity contribution in [2.75, 3.05) is 16.0 Å². The third-order valence-corrected chi connectivity index (χ3v) is 5.26. The number of aliphatic imine (C=N–C) groups is 2. The van der Waals surface area contributed by atoms with Gasteiger partial charge in [-0.3, -0.25) is 16.0 Å². The number of benzene rings is 4. The highest BCUT2D eigenvalue weighted by Gasteiger charge is 2.15. The van der Waals surface area contributed by atoms with Gasteiger partial charge in [-0.15, -0.1) is 0 Å². The second-order valence-electron chi connectivity index (χ2n) is 8.38. The largest absolute Gasteiger partial charge is 0.417 e. The van der Waals surface area contributed by atoms with Crippen molar-refractivity contribution in [3.8, 4) is 23.3 Å². The molecule has 0 fully saturated rings. The van der Waals surface area contributed by atoms with Gasteiger partial charge >= 0.3 is 18.3 Å². The lowest BCUT2D eigenvalue weighted by Crippen LogP contribution is -2.19. The Hall–Kier alpha value is -7.06. The summed E-state index contributed by atoms with van der Waals surface area (Å²) in [5.74, 6) is -0.561. The van der Waals surface area contributed by atoms with E-state index in [9.17, 15) is 24.0 Å². The molecule has 0 aromatic heterocycles. The van der Waals surface area contributed by atoms with Crippen LogP contribution in [-0.4, -0.2) is 30.4 Å². The van der Waals surface area contributed by atoms with Crippen LogP contribution in [0.3, 0.4) is 0 Å². The summed E-state index contributed by atoms with van der Waals surface area (Å²) in [6.07, 6.45) is -0.122. The average molecular weight is 591 g/mol. The van der Waals surface area contributed by atoms with E-state index in [0.29, 0.717) is 5.56 Å². The number of hydrogen-bond donors (Lipinski definition) is 3. The molecule has 0 unspecified atom stereocenters.